The molecule has 1 aromatic carbocycles. The monoisotopic (exact) mass is 385 g/mol. The van der Waals surface area contributed by atoms with Crippen molar-refractivity contribution in [1.29, 1.82) is 0 Å². The van der Waals surface area contributed by atoms with Gasteiger partial charge in [-0.15, -0.1) is 4.83 Å². The van der Waals surface area contributed by atoms with Crippen molar-refractivity contribution in [1.82, 2.24) is 15.6 Å². The molecule has 1 fully saturated rings. The van der Waals surface area contributed by atoms with Crippen LogP contribution in [0.4, 0.5) is 13.2 Å². The van der Waals surface area contributed by atoms with E-state index in [-0.39, 0.29) is 6.04 Å². The average molecular weight is 386 g/mol. The first kappa shape index (κ1) is 18.5. The van der Waals surface area contributed by atoms with Crippen molar-refractivity contribution >= 4 is 33.4 Å². The number of carbonyl (C=O) groups excluding carboxylic acids is 2. The van der Waals surface area contributed by atoms with E-state index < -0.39 is 43.5 Å². The number of halogens is 4. The quantitative estimate of drug-likeness (QED) is 0.530. The number of hydrogen-bond donors (Lipinski definition) is 3. The van der Waals surface area contributed by atoms with Crippen LogP contribution in [-0.4, -0.2) is 26.3 Å². The smallest absolute Gasteiger partial charge is 0.345 e. The zero-order valence-electron chi connectivity index (χ0n) is 11.8. The molecule has 3 N–H and O–H groups in total. The fourth-order valence-electron chi connectivity index (χ4n) is 1.60. The Morgan fingerprint density at radius 1 is 1.17 bits per heavy atom. The normalized spacial score (nSPS) is 15.0. The second kappa shape index (κ2) is 6.57. The summed E-state index contributed by atoms with van der Waals surface area (Å²) in [5.41, 5.74) is 0.281. The highest BCUT2D eigenvalue weighted by Crippen LogP contribution is 2.35. The number of benzene rings is 1. The highest BCUT2D eigenvalue weighted by molar-refractivity contribution is 7.89. The first-order valence-electron chi connectivity index (χ1n) is 6.50. The summed E-state index contributed by atoms with van der Waals surface area (Å²) in [5, 5.41) is 1.64. The van der Waals surface area contributed by atoms with Crippen molar-refractivity contribution in [2.24, 2.45) is 0 Å². The molecular formula is C12H11ClF3N3O4S. The van der Waals surface area contributed by atoms with E-state index in [0.29, 0.717) is 6.07 Å². The number of hydrogen-bond acceptors (Lipinski definition) is 4. The molecule has 12 heteroatoms. The van der Waals surface area contributed by atoms with E-state index in [2.05, 4.69) is 5.32 Å². The van der Waals surface area contributed by atoms with Gasteiger partial charge < -0.3 is 5.32 Å². The molecule has 1 saturated carbocycles. The zero-order chi connectivity index (χ0) is 18.1. The van der Waals surface area contributed by atoms with Crippen molar-refractivity contribution in [2.45, 2.75) is 30.0 Å². The lowest BCUT2D eigenvalue weighted by Gasteiger charge is -2.12. The van der Waals surface area contributed by atoms with Crippen molar-refractivity contribution in [3.05, 3.63) is 28.8 Å². The molecule has 0 radical (unpaired) electrons. The molecule has 0 saturated heterocycles. The fourth-order valence-corrected chi connectivity index (χ4v) is 2.69. The van der Waals surface area contributed by atoms with Crippen LogP contribution in [0.1, 0.15) is 18.4 Å². The molecule has 0 unspecified atom stereocenters. The summed E-state index contributed by atoms with van der Waals surface area (Å²) in [4.78, 5) is 23.5. The molecule has 1 aliphatic rings. The Labute approximate surface area is 139 Å². The summed E-state index contributed by atoms with van der Waals surface area (Å²) in [6.07, 6.45) is -3.42. The second-order valence-electron chi connectivity index (χ2n) is 4.95. The molecule has 1 aliphatic carbocycles. The van der Waals surface area contributed by atoms with Gasteiger partial charge in [0.15, 0.2) is 0 Å². The summed E-state index contributed by atoms with van der Waals surface area (Å²) >= 11 is 5.40. The Hall–Kier alpha value is -1.85. The van der Waals surface area contributed by atoms with Gasteiger partial charge in [0.1, 0.15) is 0 Å². The van der Waals surface area contributed by atoms with Crippen molar-refractivity contribution in [3.63, 3.8) is 0 Å². The maximum absolute atomic E-state index is 12.7. The van der Waals surface area contributed by atoms with Gasteiger partial charge in [0.05, 0.1) is 15.5 Å². The zero-order valence-corrected chi connectivity index (χ0v) is 13.3. The number of carbonyl (C=O) groups is 2. The minimum Gasteiger partial charge on any atom is -0.345 e. The third kappa shape index (κ3) is 4.58. The van der Waals surface area contributed by atoms with Crippen LogP contribution < -0.4 is 15.6 Å². The molecule has 2 amide bonds. The van der Waals surface area contributed by atoms with E-state index in [4.69, 9.17) is 11.6 Å². The van der Waals surface area contributed by atoms with Gasteiger partial charge in [0, 0.05) is 6.04 Å². The van der Waals surface area contributed by atoms with Crippen LogP contribution in [0.5, 0.6) is 0 Å². The predicted molar refractivity (Wildman–Crippen MR) is 76.1 cm³/mol. The van der Waals surface area contributed by atoms with Gasteiger partial charge in [-0.3, -0.25) is 15.0 Å². The summed E-state index contributed by atoms with van der Waals surface area (Å²) < 4.78 is 62.1. The molecule has 1 aromatic rings. The molecule has 7 nitrogen and oxygen atoms in total. The Bertz CT molecular complexity index is 778. The van der Waals surface area contributed by atoms with Crippen LogP contribution in [0.15, 0.2) is 23.1 Å². The van der Waals surface area contributed by atoms with E-state index in [0.717, 1.165) is 25.0 Å². The predicted octanol–water partition coefficient (Wildman–Crippen LogP) is 0.947. The maximum Gasteiger partial charge on any atom is 0.417 e. The van der Waals surface area contributed by atoms with Gasteiger partial charge in [-0.1, -0.05) is 11.6 Å². The molecule has 0 spiro atoms. The second-order valence-corrected chi connectivity index (χ2v) is 7.04. The van der Waals surface area contributed by atoms with E-state index in [1.807, 2.05) is 0 Å². The molecule has 132 valence electrons. The molecule has 0 aliphatic heterocycles. The SMILES string of the molecule is O=C(NNS(=O)(=O)c1ccc(Cl)c(C(F)(F)F)c1)C(=O)NC1CC1. The van der Waals surface area contributed by atoms with Crippen LogP contribution >= 0.6 is 11.6 Å². The lowest BCUT2D eigenvalue weighted by molar-refractivity contribution is -0.139. The lowest BCUT2D eigenvalue weighted by atomic mass is 10.2. The minimum atomic E-state index is -4.85. The molecular weight excluding hydrogens is 375 g/mol. The number of hydrazine groups is 1. The van der Waals surface area contributed by atoms with E-state index in [9.17, 15) is 31.2 Å². The van der Waals surface area contributed by atoms with Crippen molar-refractivity contribution in [3.8, 4) is 0 Å². The van der Waals surface area contributed by atoms with Crippen LogP contribution in [0.3, 0.4) is 0 Å². The van der Waals surface area contributed by atoms with E-state index in [1.165, 1.54) is 0 Å². The number of amides is 2. The number of sulfonamides is 1. The Morgan fingerprint density at radius 2 is 1.79 bits per heavy atom. The number of rotatable bonds is 4. The largest absolute Gasteiger partial charge is 0.417 e. The highest BCUT2D eigenvalue weighted by Gasteiger charge is 2.34. The highest BCUT2D eigenvalue weighted by atomic mass is 35.5. The van der Waals surface area contributed by atoms with Gasteiger partial charge >= 0.3 is 18.0 Å². The van der Waals surface area contributed by atoms with Gasteiger partial charge in [-0.25, -0.2) is 8.42 Å². The molecule has 0 atom stereocenters. The molecule has 2 rings (SSSR count). The van der Waals surface area contributed by atoms with Crippen molar-refractivity contribution < 1.29 is 31.2 Å². The van der Waals surface area contributed by atoms with E-state index in [1.54, 1.807) is 10.3 Å². The lowest BCUT2D eigenvalue weighted by Crippen LogP contribution is -2.48. The van der Waals surface area contributed by atoms with Gasteiger partial charge in [-0.05, 0) is 31.0 Å². The third-order valence-corrected chi connectivity index (χ3v) is 4.55. The number of alkyl halides is 3. The fraction of sp³-hybridized carbons (Fsp3) is 0.333. The summed E-state index contributed by atoms with van der Waals surface area (Å²) in [6, 6.07) is 1.79. The van der Waals surface area contributed by atoms with Crippen LogP contribution in [-0.2, 0) is 25.8 Å². The van der Waals surface area contributed by atoms with Gasteiger partial charge in [0.25, 0.3) is 10.0 Å². The van der Waals surface area contributed by atoms with Crippen LogP contribution in [0.25, 0.3) is 0 Å². The topological polar surface area (TPSA) is 104 Å². The summed E-state index contributed by atoms with van der Waals surface area (Å²) in [7, 11) is -4.52. The summed E-state index contributed by atoms with van der Waals surface area (Å²) in [6.45, 7) is 0. The number of nitrogens with one attached hydrogen (secondary N) is 3. The molecule has 0 aromatic heterocycles. The Balaban J connectivity index is 2.09. The standard InChI is InChI=1S/C12H11ClF3N3O4S/c13-9-4-3-7(5-8(9)12(14,15)16)24(22,23)19-18-11(21)10(20)17-6-1-2-6/h3-6,19H,1-2H2,(H,17,20)(H,18,21). The van der Waals surface area contributed by atoms with Crippen molar-refractivity contribution in [2.75, 3.05) is 0 Å². The van der Waals surface area contributed by atoms with Gasteiger partial charge in [0.2, 0.25) is 0 Å². The summed E-state index contributed by atoms with van der Waals surface area (Å²) in [5.74, 6) is -2.33. The minimum absolute atomic E-state index is 0.120. The average Bonchev–Trinajstić information content (AvgIpc) is 3.27. The van der Waals surface area contributed by atoms with Gasteiger partial charge in [-0.2, -0.15) is 13.2 Å². The molecule has 0 bridgehead atoms. The van der Waals surface area contributed by atoms with Crippen LogP contribution in [0.2, 0.25) is 5.02 Å². The maximum atomic E-state index is 12.7. The Morgan fingerprint density at radius 3 is 2.33 bits per heavy atom. The first-order valence-corrected chi connectivity index (χ1v) is 8.36. The van der Waals surface area contributed by atoms with Crippen LogP contribution in [0, 0.1) is 0 Å². The first-order chi connectivity index (χ1) is 11.0. The molecule has 24 heavy (non-hydrogen) atoms. The van der Waals surface area contributed by atoms with E-state index >= 15 is 0 Å². The molecule has 0 heterocycles. The third-order valence-electron chi connectivity index (χ3n) is 2.97. The Kier molecular flexibility index (Phi) is 5.06.